The Balaban J connectivity index is 1.51. The molecule has 1 N–H and O–H groups in total. The SMILES string of the molecule is Cn1cnc2c1CCN(C(=O)c1[nH]ncc1F)C21CCN(Cc2cccnc2)C1. The van der Waals surface area contributed by atoms with E-state index in [1.54, 1.807) is 17.4 Å². The summed E-state index contributed by atoms with van der Waals surface area (Å²) in [5.41, 5.74) is 2.52. The molecule has 2 aliphatic rings. The second kappa shape index (κ2) is 6.77. The standard InChI is InChI=1S/C20H22FN7O/c1-26-13-23-18-16(26)4-7-28(19(29)17-15(21)10-24-25-17)20(18)5-8-27(12-20)11-14-3-2-6-22-9-14/h2-3,6,9-10,13H,4-5,7-8,11-12H2,1H3,(H,24,25). The summed E-state index contributed by atoms with van der Waals surface area (Å²) < 4.78 is 16.1. The first-order valence-electron chi connectivity index (χ1n) is 9.71. The van der Waals surface area contributed by atoms with E-state index in [0.717, 1.165) is 42.7 Å². The molecule has 3 aromatic heterocycles. The molecule has 1 fully saturated rings. The van der Waals surface area contributed by atoms with Crippen LogP contribution in [0.1, 0.15) is 33.9 Å². The number of carbonyl (C=O) groups excluding carboxylic acids is 1. The van der Waals surface area contributed by atoms with Crippen LogP contribution in [-0.4, -0.2) is 60.1 Å². The van der Waals surface area contributed by atoms with Gasteiger partial charge in [0.15, 0.2) is 11.5 Å². The third-order valence-electron chi connectivity index (χ3n) is 6.10. The Morgan fingerprint density at radius 1 is 1.34 bits per heavy atom. The zero-order chi connectivity index (χ0) is 20.0. The number of rotatable bonds is 3. The maximum atomic E-state index is 14.1. The van der Waals surface area contributed by atoms with Gasteiger partial charge in [0.2, 0.25) is 0 Å². The predicted octanol–water partition coefficient (Wildman–Crippen LogP) is 1.48. The van der Waals surface area contributed by atoms with E-state index in [1.165, 1.54) is 0 Å². The van der Waals surface area contributed by atoms with E-state index in [0.29, 0.717) is 19.5 Å². The first kappa shape index (κ1) is 18.0. The van der Waals surface area contributed by atoms with Gasteiger partial charge in [-0.25, -0.2) is 9.37 Å². The summed E-state index contributed by atoms with van der Waals surface area (Å²) in [6, 6.07) is 3.98. The summed E-state index contributed by atoms with van der Waals surface area (Å²) in [6.07, 6.45) is 7.91. The second-order valence-corrected chi connectivity index (χ2v) is 7.80. The van der Waals surface area contributed by atoms with Gasteiger partial charge in [-0.2, -0.15) is 5.10 Å². The van der Waals surface area contributed by atoms with Crippen molar-refractivity contribution in [2.24, 2.45) is 7.05 Å². The van der Waals surface area contributed by atoms with E-state index in [4.69, 9.17) is 0 Å². The molecule has 1 spiro atoms. The molecule has 3 aromatic rings. The topological polar surface area (TPSA) is 82.9 Å². The highest BCUT2D eigenvalue weighted by Crippen LogP contribution is 2.43. The largest absolute Gasteiger partial charge is 0.337 e. The fourth-order valence-electron chi connectivity index (χ4n) is 4.72. The molecule has 0 aliphatic carbocycles. The molecular formula is C20H22FN7O. The summed E-state index contributed by atoms with van der Waals surface area (Å²) in [4.78, 5) is 26.3. The van der Waals surface area contributed by atoms with Crippen LogP contribution in [0.2, 0.25) is 0 Å². The van der Waals surface area contributed by atoms with Crippen molar-refractivity contribution < 1.29 is 9.18 Å². The number of aryl methyl sites for hydroxylation is 1. The van der Waals surface area contributed by atoms with Crippen LogP contribution in [0.15, 0.2) is 37.1 Å². The third-order valence-corrected chi connectivity index (χ3v) is 6.10. The minimum atomic E-state index is -0.623. The van der Waals surface area contributed by atoms with Crippen molar-refractivity contribution in [2.75, 3.05) is 19.6 Å². The molecule has 1 atom stereocenters. The molecule has 8 nitrogen and oxygen atoms in total. The van der Waals surface area contributed by atoms with E-state index >= 15 is 0 Å². The van der Waals surface area contributed by atoms with E-state index in [2.05, 4.69) is 25.1 Å². The number of likely N-dealkylation sites (tertiary alicyclic amines) is 1. The second-order valence-electron chi connectivity index (χ2n) is 7.80. The summed E-state index contributed by atoms with van der Waals surface area (Å²) in [5, 5.41) is 6.21. The molecule has 2 aliphatic heterocycles. The van der Waals surface area contributed by atoms with E-state index < -0.39 is 11.4 Å². The van der Waals surface area contributed by atoms with Crippen molar-refractivity contribution in [1.82, 2.24) is 34.5 Å². The van der Waals surface area contributed by atoms with Gasteiger partial charge < -0.3 is 9.47 Å². The number of halogens is 1. The number of nitrogens with zero attached hydrogens (tertiary/aromatic N) is 6. The highest BCUT2D eigenvalue weighted by atomic mass is 19.1. The quantitative estimate of drug-likeness (QED) is 0.726. The Labute approximate surface area is 167 Å². The zero-order valence-corrected chi connectivity index (χ0v) is 16.2. The van der Waals surface area contributed by atoms with E-state index in [9.17, 15) is 9.18 Å². The molecule has 9 heteroatoms. The molecule has 1 amide bonds. The van der Waals surface area contributed by atoms with Crippen LogP contribution >= 0.6 is 0 Å². The molecule has 5 rings (SSSR count). The van der Waals surface area contributed by atoms with Gasteiger partial charge in [0.1, 0.15) is 5.54 Å². The van der Waals surface area contributed by atoms with Gasteiger partial charge in [0.25, 0.3) is 5.91 Å². The Bertz CT molecular complexity index is 1050. The van der Waals surface area contributed by atoms with Gasteiger partial charge >= 0.3 is 0 Å². The van der Waals surface area contributed by atoms with Crippen LogP contribution < -0.4 is 0 Å². The van der Waals surface area contributed by atoms with Crippen LogP contribution in [0, 0.1) is 5.82 Å². The number of aromatic amines is 1. The normalized spacial score (nSPS) is 21.7. The van der Waals surface area contributed by atoms with E-state index in [1.807, 2.05) is 29.9 Å². The number of imidazole rings is 1. The van der Waals surface area contributed by atoms with Crippen LogP contribution in [0.5, 0.6) is 0 Å². The fraction of sp³-hybridized carbons (Fsp3) is 0.400. The lowest BCUT2D eigenvalue weighted by Crippen LogP contribution is -2.55. The molecule has 5 heterocycles. The van der Waals surface area contributed by atoms with Gasteiger partial charge in [0.05, 0.1) is 18.2 Å². The van der Waals surface area contributed by atoms with Crippen LogP contribution in [0.4, 0.5) is 4.39 Å². The number of pyridine rings is 1. The predicted molar refractivity (Wildman–Crippen MR) is 102 cm³/mol. The summed E-state index contributed by atoms with van der Waals surface area (Å²) in [7, 11) is 1.98. The zero-order valence-electron chi connectivity index (χ0n) is 16.2. The maximum absolute atomic E-state index is 14.1. The minimum Gasteiger partial charge on any atom is -0.337 e. The molecule has 150 valence electrons. The molecular weight excluding hydrogens is 373 g/mol. The third kappa shape index (κ3) is 2.84. The monoisotopic (exact) mass is 395 g/mol. The van der Waals surface area contributed by atoms with Crippen molar-refractivity contribution >= 4 is 5.91 Å². The average Bonchev–Trinajstić information content (AvgIpc) is 3.43. The van der Waals surface area contributed by atoms with Crippen LogP contribution in [-0.2, 0) is 25.6 Å². The minimum absolute atomic E-state index is 0.0885. The van der Waals surface area contributed by atoms with Gasteiger partial charge in [0, 0.05) is 57.7 Å². The van der Waals surface area contributed by atoms with Crippen LogP contribution in [0.25, 0.3) is 0 Å². The number of H-pyrrole nitrogens is 1. The Hall–Kier alpha value is -3.07. The smallest absolute Gasteiger partial charge is 0.275 e. The molecule has 0 aromatic carbocycles. The van der Waals surface area contributed by atoms with E-state index in [-0.39, 0.29) is 11.6 Å². The molecule has 0 saturated carbocycles. The summed E-state index contributed by atoms with van der Waals surface area (Å²) in [6.45, 7) is 2.73. The lowest BCUT2D eigenvalue weighted by molar-refractivity contribution is 0.0407. The number of nitrogens with one attached hydrogen (secondary N) is 1. The Morgan fingerprint density at radius 2 is 2.24 bits per heavy atom. The highest BCUT2D eigenvalue weighted by molar-refractivity contribution is 5.93. The number of aromatic nitrogens is 5. The lowest BCUT2D eigenvalue weighted by atomic mass is 9.85. The van der Waals surface area contributed by atoms with Crippen molar-refractivity contribution in [2.45, 2.75) is 24.9 Å². The molecule has 1 saturated heterocycles. The summed E-state index contributed by atoms with van der Waals surface area (Å²) >= 11 is 0. The van der Waals surface area contributed by atoms with Gasteiger partial charge in [-0.05, 0) is 18.1 Å². The number of hydrogen-bond donors (Lipinski definition) is 1. The van der Waals surface area contributed by atoms with Crippen molar-refractivity contribution in [1.29, 1.82) is 0 Å². The fourth-order valence-corrected chi connectivity index (χ4v) is 4.72. The Morgan fingerprint density at radius 3 is 3.00 bits per heavy atom. The molecule has 1 unspecified atom stereocenters. The first-order valence-corrected chi connectivity index (χ1v) is 9.71. The van der Waals surface area contributed by atoms with Crippen LogP contribution in [0.3, 0.4) is 0 Å². The Kier molecular flexibility index (Phi) is 4.20. The number of amides is 1. The van der Waals surface area contributed by atoms with Gasteiger partial charge in [-0.3, -0.25) is 19.8 Å². The lowest BCUT2D eigenvalue weighted by Gasteiger charge is -2.44. The number of fused-ring (bicyclic) bond motifs is 2. The molecule has 0 bridgehead atoms. The molecule has 29 heavy (non-hydrogen) atoms. The van der Waals surface area contributed by atoms with Gasteiger partial charge in [-0.15, -0.1) is 0 Å². The van der Waals surface area contributed by atoms with Crippen molar-refractivity contribution in [3.05, 3.63) is 65.5 Å². The molecule has 0 radical (unpaired) electrons. The maximum Gasteiger partial charge on any atom is 0.275 e. The van der Waals surface area contributed by atoms with Crippen molar-refractivity contribution in [3.63, 3.8) is 0 Å². The summed E-state index contributed by atoms with van der Waals surface area (Å²) in [5.74, 6) is -0.985. The number of carbonyl (C=O) groups is 1. The first-order chi connectivity index (χ1) is 14.1. The van der Waals surface area contributed by atoms with Crippen molar-refractivity contribution in [3.8, 4) is 0 Å². The average molecular weight is 395 g/mol. The highest BCUT2D eigenvalue weighted by Gasteiger charge is 2.52. The van der Waals surface area contributed by atoms with Gasteiger partial charge in [-0.1, -0.05) is 6.07 Å². The number of hydrogen-bond acceptors (Lipinski definition) is 5.